The highest BCUT2D eigenvalue weighted by Gasteiger charge is 2.29. The second-order valence-corrected chi connectivity index (χ2v) is 7.56. The van der Waals surface area contributed by atoms with Crippen molar-refractivity contribution in [3.63, 3.8) is 0 Å². The van der Waals surface area contributed by atoms with Crippen molar-refractivity contribution in [3.05, 3.63) is 47.9 Å². The van der Waals surface area contributed by atoms with Crippen LogP contribution in [0.2, 0.25) is 0 Å². The van der Waals surface area contributed by atoms with E-state index in [1.54, 1.807) is 25.2 Å². The molecule has 1 aliphatic heterocycles. The number of amidine groups is 1. The largest absolute Gasteiger partial charge is 0.397 e. The minimum absolute atomic E-state index is 0.0882. The molecule has 0 bridgehead atoms. The lowest BCUT2D eigenvalue weighted by molar-refractivity contribution is 0.0949. The van der Waals surface area contributed by atoms with Crippen LogP contribution in [0.25, 0.3) is 11.3 Å². The van der Waals surface area contributed by atoms with Gasteiger partial charge in [-0.05, 0) is 37.1 Å². The number of likely N-dealkylation sites (tertiary alicyclic amines) is 1. The first kappa shape index (κ1) is 23.3. The summed E-state index contributed by atoms with van der Waals surface area (Å²) in [4.78, 5) is 23.3. The van der Waals surface area contributed by atoms with Crippen molar-refractivity contribution in [3.8, 4) is 11.3 Å². The number of carbonyl (C=O) groups is 1. The van der Waals surface area contributed by atoms with Gasteiger partial charge >= 0.3 is 0 Å². The zero-order valence-corrected chi connectivity index (χ0v) is 17.8. The molecule has 3 rings (SSSR count). The van der Waals surface area contributed by atoms with Gasteiger partial charge in [-0.2, -0.15) is 0 Å². The fraction of sp³-hybridized carbons (Fsp3) is 0.364. The van der Waals surface area contributed by atoms with Crippen LogP contribution >= 0.6 is 0 Å². The first-order valence-corrected chi connectivity index (χ1v) is 10.3. The highest BCUT2D eigenvalue weighted by atomic mass is 19.1. The third-order valence-corrected chi connectivity index (χ3v) is 5.45. The Hall–Kier alpha value is -3.40. The Morgan fingerprint density at radius 1 is 1.31 bits per heavy atom. The monoisotopic (exact) mass is 443 g/mol. The average Bonchev–Trinajstić information content (AvgIpc) is 2.95. The fourth-order valence-electron chi connectivity index (χ4n) is 3.66. The summed E-state index contributed by atoms with van der Waals surface area (Å²) in [7, 11) is 1.54. The number of anilines is 1. The van der Waals surface area contributed by atoms with Crippen LogP contribution in [-0.4, -0.2) is 66.2 Å². The normalized spacial score (nSPS) is 20.4. The number of pyridine rings is 1. The summed E-state index contributed by atoms with van der Waals surface area (Å²) in [6.07, 6.45) is 0.585. The van der Waals surface area contributed by atoms with Crippen molar-refractivity contribution < 1.29 is 13.6 Å². The van der Waals surface area contributed by atoms with E-state index in [2.05, 4.69) is 15.3 Å². The van der Waals surface area contributed by atoms with Gasteiger partial charge < -0.3 is 27.1 Å². The van der Waals surface area contributed by atoms with Crippen LogP contribution < -0.4 is 16.8 Å². The summed E-state index contributed by atoms with van der Waals surface area (Å²) < 4.78 is 28.1. The van der Waals surface area contributed by atoms with Gasteiger partial charge in [0.05, 0.1) is 11.4 Å². The van der Waals surface area contributed by atoms with Crippen LogP contribution in [0, 0.1) is 11.2 Å². The number of nitrogens with one attached hydrogen (secondary N) is 2. The number of aliphatic imine (C=N–C) groups is 1. The molecule has 3 atom stereocenters. The Morgan fingerprint density at radius 3 is 2.72 bits per heavy atom. The number of rotatable bonds is 5. The molecule has 6 N–H and O–H groups in total. The molecule has 32 heavy (non-hydrogen) atoms. The molecular formula is C22H27F2N7O. The Kier molecular flexibility index (Phi) is 7.47. The highest BCUT2D eigenvalue weighted by molar-refractivity contribution is 6.07. The number of alkyl halides is 1. The number of nitrogen functional groups attached to an aromatic ring is 1. The molecule has 170 valence electrons. The third kappa shape index (κ3) is 5.08. The molecule has 1 aliphatic rings. The van der Waals surface area contributed by atoms with Gasteiger partial charge in [-0.3, -0.25) is 9.79 Å². The summed E-state index contributed by atoms with van der Waals surface area (Å²) >= 11 is 0. The van der Waals surface area contributed by atoms with Crippen molar-refractivity contribution in [2.24, 2.45) is 10.7 Å². The van der Waals surface area contributed by atoms with Crippen molar-refractivity contribution in [1.82, 2.24) is 15.2 Å². The molecule has 1 aromatic heterocycles. The molecule has 3 unspecified atom stereocenters. The maximum Gasteiger partial charge on any atom is 0.272 e. The van der Waals surface area contributed by atoms with Crippen molar-refractivity contribution in [2.75, 3.05) is 25.9 Å². The van der Waals surface area contributed by atoms with Gasteiger partial charge in [0, 0.05) is 38.0 Å². The van der Waals surface area contributed by atoms with Crippen LogP contribution in [0.5, 0.6) is 0 Å². The van der Waals surface area contributed by atoms with E-state index in [1.165, 1.54) is 18.2 Å². The summed E-state index contributed by atoms with van der Waals surface area (Å²) in [5.41, 5.74) is 12.3. The first-order valence-electron chi connectivity index (χ1n) is 10.3. The van der Waals surface area contributed by atoms with E-state index in [1.807, 2.05) is 4.90 Å². The smallest absolute Gasteiger partial charge is 0.272 e. The molecule has 1 fully saturated rings. The predicted molar refractivity (Wildman–Crippen MR) is 121 cm³/mol. The second kappa shape index (κ2) is 10.3. The third-order valence-electron chi connectivity index (χ3n) is 5.45. The summed E-state index contributed by atoms with van der Waals surface area (Å²) in [6, 6.07) is 7.66. The lowest BCUT2D eigenvalue weighted by Gasteiger charge is -2.28. The highest BCUT2D eigenvalue weighted by Crippen LogP contribution is 2.23. The fourth-order valence-corrected chi connectivity index (χ4v) is 3.66. The minimum atomic E-state index is -1.11. The van der Waals surface area contributed by atoms with Crippen LogP contribution in [0.1, 0.15) is 23.3 Å². The zero-order valence-electron chi connectivity index (χ0n) is 17.8. The van der Waals surface area contributed by atoms with Crippen molar-refractivity contribution in [1.29, 1.82) is 5.41 Å². The first-order chi connectivity index (χ1) is 15.3. The van der Waals surface area contributed by atoms with E-state index in [0.717, 1.165) is 6.21 Å². The van der Waals surface area contributed by atoms with Crippen molar-refractivity contribution in [2.45, 2.75) is 31.1 Å². The topological polar surface area (TPSA) is 133 Å². The van der Waals surface area contributed by atoms with Gasteiger partial charge in [0.2, 0.25) is 0 Å². The number of nitrogens with two attached hydrogens (primary N) is 2. The SMILES string of the molecule is CN=C(C(C=N)NC(=O)c1nc(-c2ccccc2F)ccc1N)N1CCC(N)C(F)CC1. The zero-order chi connectivity index (χ0) is 23.3. The predicted octanol–water partition coefficient (Wildman–Crippen LogP) is 2.01. The minimum Gasteiger partial charge on any atom is -0.397 e. The second-order valence-electron chi connectivity index (χ2n) is 7.56. The molecule has 1 saturated heterocycles. The van der Waals surface area contributed by atoms with Gasteiger partial charge in [0.15, 0.2) is 5.69 Å². The summed E-state index contributed by atoms with van der Waals surface area (Å²) in [6.45, 7) is 0.822. The van der Waals surface area contributed by atoms with Crippen molar-refractivity contribution >= 4 is 23.6 Å². The van der Waals surface area contributed by atoms with Crippen LogP contribution in [0.15, 0.2) is 41.4 Å². The van der Waals surface area contributed by atoms with E-state index in [4.69, 9.17) is 16.9 Å². The van der Waals surface area contributed by atoms with E-state index in [9.17, 15) is 13.6 Å². The average molecular weight is 444 g/mol. The van der Waals surface area contributed by atoms with E-state index < -0.39 is 30.0 Å². The van der Waals surface area contributed by atoms with E-state index >= 15 is 0 Å². The molecule has 2 aromatic rings. The Balaban J connectivity index is 1.82. The maximum atomic E-state index is 14.2. The summed E-state index contributed by atoms with van der Waals surface area (Å²) in [5, 5.41) is 10.5. The number of hydrogen-bond donors (Lipinski definition) is 4. The van der Waals surface area contributed by atoms with Crippen LogP contribution in [0.3, 0.4) is 0 Å². The Morgan fingerprint density at radius 2 is 2.03 bits per heavy atom. The molecular weight excluding hydrogens is 416 g/mol. The number of amides is 1. The molecule has 2 heterocycles. The number of benzene rings is 1. The lowest BCUT2D eigenvalue weighted by Crippen LogP contribution is -2.50. The molecule has 1 aromatic carbocycles. The maximum absolute atomic E-state index is 14.2. The van der Waals surface area contributed by atoms with E-state index in [-0.39, 0.29) is 29.1 Å². The lowest BCUT2D eigenvalue weighted by atomic mass is 10.1. The number of hydrogen-bond acceptors (Lipinski definition) is 6. The van der Waals surface area contributed by atoms with Crippen LogP contribution in [-0.2, 0) is 0 Å². The van der Waals surface area contributed by atoms with Gasteiger partial charge in [-0.1, -0.05) is 12.1 Å². The molecule has 0 spiro atoms. The molecule has 0 aliphatic carbocycles. The standard InChI is InChI=1S/C22H27F2N7O/c1-28-21(31-10-8-15(24)16(26)9-11-31)19(12-25)30-22(32)20-17(27)6-7-18(29-20)13-4-2-3-5-14(13)23/h2-7,12,15-16,19,25H,8-11,26-27H2,1H3,(H,30,32). The van der Waals surface area contributed by atoms with Crippen LogP contribution in [0.4, 0.5) is 14.5 Å². The molecule has 8 nitrogen and oxygen atoms in total. The molecule has 10 heteroatoms. The molecule has 1 amide bonds. The van der Waals surface area contributed by atoms with Gasteiger partial charge in [0.1, 0.15) is 23.9 Å². The van der Waals surface area contributed by atoms with Gasteiger partial charge in [-0.25, -0.2) is 13.8 Å². The Labute approximate surface area is 185 Å². The quantitative estimate of drug-likeness (QED) is 0.414. The number of halogens is 2. The number of carbonyl (C=O) groups excluding carboxylic acids is 1. The number of aromatic nitrogens is 1. The van der Waals surface area contributed by atoms with E-state index in [0.29, 0.717) is 25.3 Å². The van der Waals surface area contributed by atoms with Gasteiger partial charge in [-0.15, -0.1) is 0 Å². The molecule has 0 saturated carbocycles. The number of nitrogens with zero attached hydrogens (tertiary/aromatic N) is 3. The van der Waals surface area contributed by atoms with Gasteiger partial charge in [0.25, 0.3) is 5.91 Å². The molecule has 0 radical (unpaired) electrons. The Bertz CT molecular complexity index is 1000. The summed E-state index contributed by atoms with van der Waals surface area (Å²) in [5.74, 6) is -0.692.